The summed E-state index contributed by atoms with van der Waals surface area (Å²) < 4.78 is 11.2. The molecule has 1 saturated heterocycles. The van der Waals surface area contributed by atoms with Crippen LogP contribution in [0.5, 0.6) is 5.75 Å². The molecule has 1 atom stereocenters. The first-order chi connectivity index (χ1) is 13.1. The summed E-state index contributed by atoms with van der Waals surface area (Å²) in [5.41, 5.74) is 9.49. The molecular weight excluding hydrogens is 376 g/mol. The van der Waals surface area contributed by atoms with E-state index in [1.807, 2.05) is 30.3 Å². The molecule has 0 radical (unpaired) electrons. The van der Waals surface area contributed by atoms with Crippen molar-refractivity contribution in [2.75, 3.05) is 13.2 Å². The topological polar surface area (TPSA) is 73.6 Å². The molecule has 0 aromatic heterocycles. The molecule has 152 valence electrons. The Bertz CT molecular complexity index is 746. The zero-order valence-corrected chi connectivity index (χ0v) is 17.0. The summed E-state index contributed by atoms with van der Waals surface area (Å²) in [5.74, 6) is 0.920. The maximum atomic E-state index is 12.3. The molecule has 2 aromatic rings. The van der Waals surface area contributed by atoms with Crippen LogP contribution in [0.1, 0.15) is 29.5 Å². The fourth-order valence-corrected chi connectivity index (χ4v) is 3.27. The summed E-state index contributed by atoms with van der Waals surface area (Å²) in [5, 5.41) is 2.93. The van der Waals surface area contributed by atoms with Gasteiger partial charge in [0.2, 0.25) is 5.91 Å². The van der Waals surface area contributed by atoms with Crippen molar-refractivity contribution in [2.45, 2.75) is 39.0 Å². The van der Waals surface area contributed by atoms with E-state index < -0.39 is 6.04 Å². The van der Waals surface area contributed by atoms with Crippen LogP contribution >= 0.6 is 12.4 Å². The standard InChI is InChI=1S/C22H28N2O3.ClH/c1-16-3-2-4-18(13-16)15-27-20-7-5-17(6-8-20)14-24-22(25)21(23)19-9-11-26-12-10-19;/h2-8,13,19,21H,9-12,14-15,23H2,1H3,(H,24,25);1H. The first kappa shape index (κ1) is 22.2. The molecule has 0 bridgehead atoms. The smallest absolute Gasteiger partial charge is 0.237 e. The van der Waals surface area contributed by atoms with Crippen LogP contribution in [0.2, 0.25) is 0 Å². The highest BCUT2D eigenvalue weighted by Gasteiger charge is 2.26. The van der Waals surface area contributed by atoms with Gasteiger partial charge in [0.1, 0.15) is 12.4 Å². The van der Waals surface area contributed by atoms with E-state index in [1.54, 1.807) is 0 Å². The molecule has 0 spiro atoms. The first-order valence-corrected chi connectivity index (χ1v) is 9.50. The molecule has 1 amide bonds. The average Bonchev–Trinajstić information content (AvgIpc) is 2.71. The number of rotatable bonds is 7. The fourth-order valence-electron chi connectivity index (χ4n) is 3.27. The van der Waals surface area contributed by atoms with Gasteiger partial charge >= 0.3 is 0 Å². The number of nitrogens with one attached hydrogen (secondary N) is 1. The van der Waals surface area contributed by atoms with E-state index in [0.717, 1.165) is 29.7 Å². The summed E-state index contributed by atoms with van der Waals surface area (Å²) in [4.78, 5) is 12.3. The number of carbonyl (C=O) groups excluding carboxylic acids is 1. The third-order valence-electron chi connectivity index (χ3n) is 4.95. The first-order valence-electron chi connectivity index (χ1n) is 9.50. The Balaban J connectivity index is 0.00000280. The lowest BCUT2D eigenvalue weighted by Gasteiger charge is -2.26. The molecule has 0 saturated carbocycles. The van der Waals surface area contributed by atoms with Gasteiger partial charge in [-0.15, -0.1) is 12.4 Å². The minimum absolute atomic E-state index is 0. The van der Waals surface area contributed by atoms with Crippen LogP contribution in [-0.2, 0) is 22.7 Å². The molecule has 5 nitrogen and oxygen atoms in total. The predicted octanol–water partition coefficient (Wildman–Crippen LogP) is 3.37. The predicted molar refractivity (Wildman–Crippen MR) is 113 cm³/mol. The fraction of sp³-hybridized carbons (Fsp3) is 0.409. The molecule has 28 heavy (non-hydrogen) atoms. The molecule has 1 aliphatic rings. The van der Waals surface area contributed by atoms with Gasteiger partial charge in [-0.25, -0.2) is 0 Å². The van der Waals surface area contributed by atoms with Crippen LogP contribution in [0.4, 0.5) is 0 Å². The van der Waals surface area contributed by atoms with Crippen molar-refractivity contribution in [3.63, 3.8) is 0 Å². The Morgan fingerprint density at radius 1 is 1.18 bits per heavy atom. The van der Waals surface area contributed by atoms with Gasteiger partial charge in [0.25, 0.3) is 0 Å². The lowest BCUT2D eigenvalue weighted by molar-refractivity contribution is -0.124. The van der Waals surface area contributed by atoms with Crippen molar-refractivity contribution in [1.82, 2.24) is 5.32 Å². The van der Waals surface area contributed by atoms with E-state index in [2.05, 4.69) is 30.4 Å². The summed E-state index contributed by atoms with van der Waals surface area (Å²) >= 11 is 0. The number of hydrogen-bond acceptors (Lipinski definition) is 4. The number of ether oxygens (including phenoxy) is 2. The molecule has 1 heterocycles. The van der Waals surface area contributed by atoms with Crippen molar-refractivity contribution in [3.05, 3.63) is 65.2 Å². The van der Waals surface area contributed by atoms with Crippen LogP contribution in [0.3, 0.4) is 0 Å². The Morgan fingerprint density at radius 2 is 1.89 bits per heavy atom. The van der Waals surface area contributed by atoms with E-state index in [4.69, 9.17) is 15.2 Å². The summed E-state index contributed by atoms with van der Waals surface area (Å²) in [6, 6.07) is 15.6. The molecule has 3 N–H and O–H groups in total. The van der Waals surface area contributed by atoms with Gasteiger partial charge in [0.15, 0.2) is 0 Å². The number of aryl methyl sites for hydroxylation is 1. The van der Waals surface area contributed by atoms with Crippen molar-refractivity contribution in [3.8, 4) is 5.75 Å². The second-order valence-corrected chi connectivity index (χ2v) is 7.12. The second-order valence-electron chi connectivity index (χ2n) is 7.12. The summed E-state index contributed by atoms with van der Waals surface area (Å²) in [6.45, 7) is 4.46. The van der Waals surface area contributed by atoms with Crippen LogP contribution in [0, 0.1) is 12.8 Å². The zero-order valence-electron chi connectivity index (χ0n) is 16.2. The minimum atomic E-state index is -0.467. The van der Waals surface area contributed by atoms with Gasteiger partial charge in [-0.3, -0.25) is 4.79 Å². The lowest BCUT2D eigenvalue weighted by atomic mass is 9.92. The van der Waals surface area contributed by atoms with Crippen LogP contribution in [0.15, 0.2) is 48.5 Å². The van der Waals surface area contributed by atoms with E-state index in [0.29, 0.717) is 26.4 Å². The number of benzene rings is 2. The van der Waals surface area contributed by atoms with Crippen molar-refractivity contribution < 1.29 is 14.3 Å². The Morgan fingerprint density at radius 3 is 2.57 bits per heavy atom. The van der Waals surface area contributed by atoms with Gasteiger partial charge < -0.3 is 20.5 Å². The van der Waals surface area contributed by atoms with Crippen molar-refractivity contribution >= 4 is 18.3 Å². The third-order valence-corrected chi connectivity index (χ3v) is 4.95. The van der Waals surface area contributed by atoms with E-state index in [1.165, 1.54) is 5.56 Å². The van der Waals surface area contributed by atoms with E-state index in [9.17, 15) is 4.79 Å². The highest BCUT2D eigenvalue weighted by Crippen LogP contribution is 2.18. The maximum absolute atomic E-state index is 12.3. The molecular formula is C22H29ClN2O3. The van der Waals surface area contributed by atoms with Crippen LogP contribution < -0.4 is 15.8 Å². The zero-order chi connectivity index (χ0) is 19.1. The van der Waals surface area contributed by atoms with Crippen molar-refractivity contribution in [2.24, 2.45) is 11.7 Å². The molecule has 6 heteroatoms. The Hall–Kier alpha value is -2.08. The van der Waals surface area contributed by atoms with Crippen molar-refractivity contribution in [1.29, 1.82) is 0 Å². The maximum Gasteiger partial charge on any atom is 0.237 e. The van der Waals surface area contributed by atoms with Gasteiger partial charge in [-0.1, -0.05) is 42.0 Å². The summed E-state index contributed by atoms with van der Waals surface area (Å²) in [6.07, 6.45) is 1.70. The highest BCUT2D eigenvalue weighted by atomic mass is 35.5. The van der Waals surface area contributed by atoms with Gasteiger partial charge in [0.05, 0.1) is 6.04 Å². The number of halogens is 1. The van der Waals surface area contributed by atoms with Crippen LogP contribution in [0.25, 0.3) is 0 Å². The summed E-state index contributed by atoms with van der Waals surface area (Å²) in [7, 11) is 0. The molecule has 3 rings (SSSR count). The van der Waals surface area contributed by atoms with E-state index in [-0.39, 0.29) is 24.2 Å². The number of nitrogens with two attached hydrogens (primary N) is 1. The monoisotopic (exact) mass is 404 g/mol. The highest BCUT2D eigenvalue weighted by molar-refractivity contribution is 5.85. The Kier molecular flexibility index (Phi) is 8.77. The number of carbonyl (C=O) groups is 1. The minimum Gasteiger partial charge on any atom is -0.489 e. The Labute approximate surface area is 173 Å². The molecule has 2 aromatic carbocycles. The molecule has 1 fully saturated rings. The molecule has 0 aliphatic carbocycles. The van der Waals surface area contributed by atoms with Gasteiger partial charge in [-0.2, -0.15) is 0 Å². The molecule has 1 aliphatic heterocycles. The normalized spacial score (nSPS) is 15.4. The number of amides is 1. The van der Waals surface area contributed by atoms with Gasteiger partial charge in [0, 0.05) is 19.8 Å². The molecule has 1 unspecified atom stereocenters. The second kappa shape index (κ2) is 11.1. The number of hydrogen-bond donors (Lipinski definition) is 2. The van der Waals surface area contributed by atoms with Gasteiger partial charge in [-0.05, 0) is 48.9 Å². The quantitative estimate of drug-likeness (QED) is 0.742. The SMILES string of the molecule is Cc1cccc(COc2ccc(CNC(=O)C(N)C3CCOCC3)cc2)c1.Cl. The lowest BCUT2D eigenvalue weighted by Crippen LogP contribution is -2.46. The van der Waals surface area contributed by atoms with Crippen LogP contribution in [-0.4, -0.2) is 25.2 Å². The average molecular weight is 405 g/mol. The van der Waals surface area contributed by atoms with E-state index >= 15 is 0 Å². The third kappa shape index (κ3) is 6.51. The largest absolute Gasteiger partial charge is 0.489 e.